The van der Waals surface area contributed by atoms with Crippen LogP contribution in [-0.4, -0.2) is 50.4 Å². The molecule has 0 radical (unpaired) electrons. The first-order chi connectivity index (χ1) is 16.7. The van der Waals surface area contributed by atoms with E-state index >= 15 is 0 Å². The molecule has 6 N–H and O–H groups in total. The number of carbonyl (C=O) groups is 2. The first kappa shape index (κ1) is 25.7. The van der Waals surface area contributed by atoms with E-state index in [2.05, 4.69) is 10.0 Å². The number of ether oxygens (including phenoxy) is 1. The van der Waals surface area contributed by atoms with Crippen molar-refractivity contribution in [2.75, 3.05) is 13.2 Å². The van der Waals surface area contributed by atoms with Gasteiger partial charge in [-0.15, -0.1) is 0 Å². The van der Waals surface area contributed by atoms with Gasteiger partial charge in [-0.25, -0.2) is 8.42 Å². The minimum absolute atomic E-state index is 0.0401. The third-order valence-corrected chi connectivity index (χ3v) is 6.65. The van der Waals surface area contributed by atoms with Gasteiger partial charge in [0.25, 0.3) is 0 Å². The molecule has 0 saturated carbocycles. The molecule has 0 aliphatic rings. The van der Waals surface area contributed by atoms with Crippen molar-refractivity contribution in [3.8, 4) is 5.75 Å². The van der Waals surface area contributed by atoms with E-state index in [4.69, 9.17) is 15.9 Å². The first-order valence-corrected chi connectivity index (χ1v) is 12.2. The standard InChI is InChI=1S/C24H26N4O6S/c25-23(26)17-10-12-18(13-11-17)34-14-4-9-22(29)27-15-20(24(30)31)28-35(32,33)21-8-3-6-16-5-1-2-7-19(16)21/h1-3,5-8,10-13,20,28H,4,9,14-15H2,(H3,25,26)(H,27,29)(H,30,31). The summed E-state index contributed by atoms with van der Waals surface area (Å²) in [6.45, 7) is -0.172. The molecule has 3 aromatic rings. The number of nitrogens with two attached hydrogens (primary N) is 1. The van der Waals surface area contributed by atoms with Crippen LogP contribution in [0.25, 0.3) is 10.8 Å². The molecule has 3 aromatic carbocycles. The minimum atomic E-state index is -4.16. The van der Waals surface area contributed by atoms with Crippen molar-refractivity contribution in [2.24, 2.45) is 5.73 Å². The highest BCUT2D eigenvalue weighted by molar-refractivity contribution is 7.89. The number of aliphatic carboxylic acids is 1. The average Bonchev–Trinajstić information content (AvgIpc) is 2.84. The summed E-state index contributed by atoms with van der Waals surface area (Å²) in [5, 5.41) is 20.5. The molecule has 0 spiro atoms. The van der Waals surface area contributed by atoms with Gasteiger partial charge in [0.15, 0.2) is 0 Å². The maximum absolute atomic E-state index is 12.9. The molecule has 10 nitrogen and oxygen atoms in total. The second-order valence-corrected chi connectivity index (χ2v) is 9.37. The summed E-state index contributed by atoms with van der Waals surface area (Å²) >= 11 is 0. The van der Waals surface area contributed by atoms with Crippen LogP contribution >= 0.6 is 0 Å². The van der Waals surface area contributed by atoms with Crippen LogP contribution in [0.1, 0.15) is 18.4 Å². The van der Waals surface area contributed by atoms with Gasteiger partial charge < -0.3 is 20.9 Å². The van der Waals surface area contributed by atoms with Crippen molar-refractivity contribution in [1.82, 2.24) is 10.0 Å². The van der Waals surface area contributed by atoms with E-state index in [9.17, 15) is 23.1 Å². The number of nitrogen functional groups attached to an aromatic ring is 1. The number of sulfonamides is 1. The lowest BCUT2D eigenvalue weighted by molar-refractivity contribution is -0.138. The monoisotopic (exact) mass is 498 g/mol. The highest BCUT2D eigenvalue weighted by atomic mass is 32.2. The molecule has 35 heavy (non-hydrogen) atoms. The van der Waals surface area contributed by atoms with Crippen LogP contribution in [-0.2, 0) is 19.6 Å². The molecule has 3 rings (SSSR count). The van der Waals surface area contributed by atoms with Crippen LogP contribution in [0.3, 0.4) is 0 Å². The van der Waals surface area contributed by atoms with E-state index in [1.165, 1.54) is 6.07 Å². The SMILES string of the molecule is N=C(N)c1ccc(OCCCC(=O)NCC(NS(=O)(=O)c2cccc3ccccc23)C(=O)O)cc1. The Morgan fingerprint density at radius 2 is 1.71 bits per heavy atom. The largest absolute Gasteiger partial charge is 0.494 e. The summed E-state index contributed by atoms with van der Waals surface area (Å²) in [6, 6.07) is 16.7. The maximum atomic E-state index is 12.9. The maximum Gasteiger partial charge on any atom is 0.323 e. The second kappa shape index (κ2) is 11.4. The van der Waals surface area contributed by atoms with Gasteiger partial charge in [-0.1, -0.05) is 36.4 Å². The van der Waals surface area contributed by atoms with Crippen molar-refractivity contribution >= 4 is 38.5 Å². The zero-order valence-electron chi connectivity index (χ0n) is 18.7. The van der Waals surface area contributed by atoms with Crippen molar-refractivity contribution < 1.29 is 27.9 Å². The highest BCUT2D eigenvalue weighted by Crippen LogP contribution is 2.22. The van der Waals surface area contributed by atoms with Gasteiger partial charge in [-0.3, -0.25) is 15.0 Å². The van der Waals surface area contributed by atoms with Crippen molar-refractivity contribution in [1.29, 1.82) is 5.41 Å². The fourth-order valence-electron chi connectivity index (χ4n) is 3.32. The van der Waals surface area contributed by atoms with Crippen molar-refractivity contribution in [2.45, 2.75) is 23.8 Å². The number of fused-ring (bicyclic) bond motifs is 1. The number of amidine groups is 1. The lowest BCUT2D eigenvalue weighted by Crippen LogP contribution is -2.48. The minimum Gasteiger partial charge on any atom is -0.494 e. The normalized spacial score (nSPS) is 12.1. The lowest BCUT2D eigenvalue weighted by Gasteiger charge is -2.16. The van der Waals surface area contributed by atoms with Gasteiger partial charge in [-0.05, 0) is 42.1 Å². The highest BCUT2D eigenvalue weighted by Gasteiger charge is 2.27. The van der Waals surface area contributed by atoms with Crippen LogP contribution in [0.15, 0.2) is 71.6 Å². The molecule has 0 fully saturated rings. The Morgan fingerprint density at radius 1 is 1.03 bits per heavy atom. The summed E-state index contributed by atoms with van der Waals surface area (Å²) in [7, 11) is -4.16. The summed E-state index contributed by atoms with van der Waals surface area (Å²) in [5.74, 6) is -1.33. The molecule has 0 bridgehead atoms. The van der Waals surface area contributed by atoms with Crippen LogP contribution in [0.2, 0.25) is 0 Å². The van der Waals surface area contributed by atoms with Gasteiger partial charge in [0.1, 0.15) is 17.6 Å². The third-order valence-electron chi connectivity index (χ3n) is 5.12. The van der Waals surface area contributed by atoms with Gasteiger partial charge in [0, 0.05) is 23.9 Å². The molecular formula is C24H26N4O6S. The predicted octanol–water partition coefficient (Wildman–Crippen LogP) is 1.83. The quantitative estimate of drug-likeness (QED) is 0.144. The van der Waals surface area contributed by atoms with Crippen molar-refractivity contribution in [3.05, 3.63) is 72.3 Å². The molecule has 1 atom stereocenters. The number of hydrogen-bond donors (Lipinski definition) is 5. The number of hydrogen-bond acceptors (Lipinski definition) is 6. The number of carbonyl (C=O) groups excluding carboxylic acids is 1. The smallest absolute Gasteiger partial charge is 0.323 e. The van der Waals surface area contributed by atoms with Crippen molar-refractivity contribution in [3.63, 3.8) is 0 Å². The molecule has 11 heteroatoms. The summed E-state index contributed by atoms with van der Waals surface area (Å²) < 4.78 is 33.5. The number of benzene rings is 3. The summed E-state index contributed by atoms with van der Waals surface area (Å²) in [4.78, 5) is 23.7. The summed E-state index contributed by atoms with van der Waals surface area (Å²) in [5.41, 5.74) is 5.97. The van der Waals surface area contributed by atoms with Crippen LogP contribution in [0.4, 0.5) is 0 Å². The number of carboxylic acid groups (broad SMARTS) is 1. The Kier molecular flexibility index (Phi) is 8.39. The third kappa shape index (κ3) is 7.01. The van der Waals surface area contributed by atoms with E-state index in [-0.39, 0.29) is 23.8 Å². The Labute approximate surface area is 202 Å². The molecule has 1 unspecified atom stereocenters. The Hall–Kier alpha value is -3.96. The van der Waals surface area contributed by atoms with Gasteiger partial charge in [0.05, 0.1) is 11.5 Å². The molecule has 0 aliphatic carbocycles. The molecule has 0 aromatic heterocycles. The van der Waals surface area contributed by atoms with E-state index in [1.54, 1.807) is 60.7 Å². The molecule has 0 heterocycles. The average molecular weight is 499 g/mol. The van der Waals surface area contributed by atoms with E-state index < -0.39 is 34.5 Å². The van der Waals surface area contributed by atoms with Gasteiger partial charge in [0.2, 0.25) is 15.9 Å². The fraction of sp³-hybridized carbons (Fsp3) is 0.208. The van der Waals surface area contributed by atoms with Crippen LogP contribution < -0.4 is 20.5 Å². The molecule has 0 aliphatic heterocycles. The second-order valence-electron chi connectivity index (χ2n) is 7.68. The van der Waals surface area contributed by atoms with E-state index in [1.807, 2.05) is 0 Å². The zero-order valence-corrected chi connectivity index (χ0v) is 19.5. The fourth-order valence-corrected chi connectivity index (χ4v) is 4.74. The Balaban J connectivity index is 1.50. The number of amides is 1. The lowest BCUT2D eigenvalue weighted by atomic mass is 10.1. The van der Waals surface area contributed by atoms with E-state index in [0.29, 0.717) is 28.5 Å². The zero-order chi connectivity index (χ0) is 25.4. The Bertz CT molecular complexity index is 1320. The van der Waals surface area contributed by atoms with Gasteiger partial charge in [-0.2, -0.15) is 4.72 Å². The first-order valence-electron chi connectivity index (χ1n) is 10.7. The number of nitrogens with one attached hydrogen (secondary N) is 3. The Morgan fingerprint density at radius 3 is 2.40 bits per heavy atom. The summed E-state index contributed by atoms with van der Waals surface area (Å²) in [6.07, 6.45) is 0.424. The predicted molar refractivity (Wildman–Crippen MR) is 131 cm³/mol. The number of rotatable bonds is 12. The molecule has 1 amide bonds. The number of carboxylic acids is 1. The van der Waals surface area contributed by atoms with Gasteiger partial charge >= 0.3 is 5.97 Å². The molecular weight excluding hydrogens is 472 g/mol. The van der Waals surface area contributed by atoms with Crippen LogP contribution in [0.5, 0.6) is 5.75 Å². The molecule has 0 saturated heterocycles. The van der Waals surface area contributed by atoms with Crippen LogP contribution in [0, 0.1) is 5.41 Å². The van der Waals surface area contributed by atoms with E-state index in [0.717, 1.165) is 0 Å². The molecule has 184 valence electrons. The topological polar surface area (TPSA) is 172 Å².